The first kappa shape index (κ1) is 27.6. The highest BCUT2D eigenvalue weighted by atomic mass is 35.5. The molecule has 0 aliphatic rings. The zero-order chi connectivity index (χ0) is 29.3. The van der Waals surface area contributed by atoms with Crippen LogP contribution in [0.1, 0.15) is 32.1 Å². The van der Waals surface area contributed by atoms with Crippen molar-refractivity contribution >= 4 is 34.7 Å². The highest BCUT2D eigenvalue weighted by Gasteiger charge is 2.36. The number of aromatic carboxylic acids is 1. The molecule has 0 spiro atoms. The van der Waals surface area contributed by atoms with Crippen LogP contribution >= 0.6 is 11.6 Å². The normalized spacial score (nSPS) is 11.3. The van der Waals surface area contributed by atoms with E-state index in [9.17, 15) is 27.9 Å². The van der Waals surface area contributed by atoms with Crippen molar-refractivity contribution < 1.29 is 27.9 Å². The number of alkyl halides is 3. The van der Waals surface area contributed by atoms with E-state index >= 15 is 0 Å². The van der Waals surface area contributed by atoms with Gasteiger partial charge in [-0.05, 0) is 60.7 Å². The van der Waals surface area contributed by atoms with Gasteiger partial charge in [-0.1, -0.05) is 41.9 Å². The number of carboxylic acid groups (broad SMARTS) is 1. The van der Waals surface area contributed by atoms with Crippen LogP contribution in [0.3, 0.4) is 0 Å². The lowest BCUT2D eigenvalue weighted by Gasteiger charge is -2.19. The average molecular weight is 577 g/mol. The van der Waals surface area contributed by atoms with E-state index in [2.05, 4.69) is 10.1 Å². The van der Waals surface area contributed by atoms with Gasteiger partial charge in [0.2, 0.25) is 5.78 Å². The van der Waals surface area contributed by atoms with Crippen molar-refractivity contribution in [2.24, 2.45) is 0 Å². The SMILES string of the molecule is CN(c1ccc(Cl)cc1)c1ccc(C(=O)c2ccc(-n3nc(C(F)(F)F)cc3-c3ccccc3)c(C(=O)O)c2)nc1. The number of nitrogens with zero attached hydrogens (tertiary/aromatic N) is 4. The topological polar surface area (TPSA) is 88.3 Å². The van der Waals surface area contributed by atoms with Crippen molar-refractivity contribution in [3.8, 4) is 16.9 Å². The third-order valence-corrected chi connectivity index (χ3v) is 6.62. The smallest absolute Gasteiger partial charge is 0.435 e. The van der Waals surface area contributed by atoms with Gasteiger partial charge < -0.3 is 10.0 Å². The first-order valence-electron chi connectivity index (χ1n) is 12.1. The van der Waals surface area contributed by atoms with Gasteiger partial charge in [0.05, 0.1) is 28.8 Å². The summed E-state index contributed by atoms with van der Waals surface area (Å²) in [6.45, 7) is 0. The molecular weight excluding hydrogens is 557 g/mol. The Labute approximate surface area is 237 Å². The predicted octanol–water partition coefficient (Wildman–Crippen LogP) is 7.30. The second-order valence-corrected chi connectivity index (χ2v) is 9.43. The van der Waals surface area contributed by atoms with Crippen LogP contribution in [0.15, 0.2) is 97.2 Å². The molecule has 0 unspecified atom stereocenters. The van der Waals surface area contributed by atoms with E-state index in [0.717, 1.165) is 22.5 Å². The fraction of sp³-hybridized carbons (Fsp3) is 0.0667. The van der Waals surface area contributed by atoms with Gasteiger partial charge in [-0.25, -0.2) is 9.48 Å². The number of carboxylic acids is 1. The molecule has 5 aromatic rings. The van der Waals surface area contributed by atoms with Crippen molar-refractivity contribution in [1.82, 2.24) is 14.8 Å². The number of carbonyl (C=O) groups is 2. The molecule has 7 nitrogen and oxygen atoms in total. The number of rotatable bonds is 7. The Morgan fingerprint density at radius 2 is 1.59 bits per heavy atom. The Morgan fingerprint density at radius 3 is 2.20 bits per heavy atom. The molecule has 206 valence electrons. The standard InChI is InChI=1S/C30H20ClF3N4O3/c1-37(21-10-8-20(31)9-11-21)22-12-13-24(35-17-22)28(39)19-7-14-25(23(15-19)29(40)41)38-26(18-5-3-2-4-6-18)16-27(36-38)30(32,33)34/h2-17H,1H3,(H,40,41). The summed E-state index contributed by atoms with van der Waals surface area (Å²) in [5, 5.41) is 14.2. The minimum Gasteiger partial charge on any atom is -0.478 e. The van der Waals surface area contributed by atoms with Crippen molar-refractivity contribution in [2.75, 3.05) is 11.9 Å². The van der Waals surface area contributed by atoms with E-state index in [1.54, 1.807) is 48.5 Å². The minimum absolute atomic E-state index is 0.00178. The highest BCUT2D eigenvalue weighted by molar-refractivity contribution is 6.30. The molecule has 2 heterocycles. The van der Waals surface area contributed by atoms with E-state index < -0.39 is 29.2 Å². The second-order valence-electron chi connectivity index (χ2n) is 8.99. The summed E-state index contributed by atoms with van der Waals surface area (Å²) in [6.07, 6.45) is -3.25. The largest absolute Gasteiger partial charge is 0.478 e. The summed E-state index contributed by atoms with van der Waals surface area (Å²) in [7, 11) is 1.82. The maximum atomic E-state index is 13.6. The molecule has 0 saturated carbocycles. The van der Waals surface area contributed by atoms with Crippen molar-refractivity contribution in [3.63, 3.8) is 0 Å². The molecule has 0 saturated heterocycles. The van der Waals surface area contributed by atoms with E-state index in [1.165, 1.54) is 24.4 Å². The van der Waals surface area contributed by atoms with Crippen molar-refractivity contribution in [3.05, 3.63) is 125 Å². The molecule has 2 aromatic heterocycles. The number of hydrogen-bond acceptors (Lipinski definition) is 5. The summed E-state index contributed by atoms with van der Waals surface area (Å²) in [5.74, 6) is -2.00. The van der Waals surface area contributed by atoms with Gasteiger partial charge in [0.15, 0.2) is 5.69 Å². The van der Waals surface area contributed by atoms with Crippen LogP contribution < -0.4 is 4.90 Å². The van der Waals surface area contributed by atoms with Gasteiger partial charge in [0, 0.05) is 28.9 Å². The van der Waals surface area contributed by atoms with Gasteiger partial charge >= 0.3 is 12.1 Å². The number of anilines is 2. The first-order valence-corrected chi connectivity index (χ1v) is 12.5. The molecule has 11 heteroatoms. The third kappa shape index (κ3) is 5.68. The fourth-order valence-electron chi connectivity index (χ4n) is 4.23. The lowest BCUT2D eigenvalue weighted by Crippen LogP contribution is -2.13. The fourth-order valence-corrected chi connectivity index (χ4v) is 4.36. The third-order valence-electron chi connectivity index (χ3n) is 6.37. The van der Waals surface area contributed by atoms with Crippen LogP contribution in [0.2, 0.25) is 5.02 Å². The molecule has 3 aromatic carbocycles. The van der Waals surface area contributed by atoms with Gasteiger partial charge in [0.1, 0.15) is 5.69 Å². The Morgan fingerprint density at radius 1 is 0.902 bits per heavy atom. The second kappa shape index (κ2) is 10.9. The Bertz CT molecular complexity index is 1740. The summed E-state index contributed by atoms with van der Waals surface area (Å²) < 4.78 is 41.6. The Kier molecular flexibility index (Phi) is 7.34. The number of hydrogen-bond donors (Lipinski definition) is 1. The van der Waals surface area contributed by atoms with E-state index in [-0.39, 0.29) is 22.6 Å². The molecule has 41 heavy (non-hydrogen) atoms. The zero-order valence-electron chi connectivity index (χ0n) is 21.3. The van der Waals surface area contributed by atoms with Crippen LogP contribution in [0.5, 0.6) is 0 Å². The van der Waals surface area contributed by atoms with Crippen molar-refractivity contribution in [1.29, 1.82) is 0 Å². The zero-order valence-corrected chi connectivity index (χ0v) is 22.1. The quantitative estimate of drug-likeness (QED) is 0.204. The number of ketones is 1. The Hall–Kier alpha value is -4.96. The number of halogens is 4. The molecule has 0 bridgehead atoms. The molecule has 0 atom stereocenters. The van der Waals surface area contributed by atoms with E-state index in [1.807, 2.05) is 24.1 Å². The monoisotopic (exact) mass is 576 g/mol. The summed E-state index contributed by atoms with van der Waals surface area (Å²) in [5.41, 5.74) is 0.340. The molecule has 0 fully saturated rings. The molecular formula is C30H20ClF3N4O3. The molecule has 1 N–H and O–H groups in total. The summed E-state index contributed by atoms with van der Waals surface area (Å²) in [6, 6.07) is 23.1. The lowest BCUT2D eigenvalue weighted by molar-refractivity contribution is -0.141. The maximum Gasteiger partial charge on any atom is 0.435 e. The molecule has 0 aliphatic heterocycles. The van der Waals surface area contributed by atoms with Crippen LogP contribution in [0.4, 0.5) is 24.5 Å². The van der Waals surface area contributed by atoms with Gasteiger partial charge in [-0.3, -0.25) is 9.78 Å². The van der Waals surface area contributed by atoms with Gasteiger partial charge in [-0.15, -0.1) is 0 Å². The molecule has 0 amide bonds. The van der Waals surface area contributed by atoms with E-state index in [0.29, 0.717) is 16.3 Å². The lowest BCUT2D eigenvalue weighted by atomic mass is 10.0. The molecule has 5 rings (SSSR count). The Balaban J connectivity index is 1.50. The highest BCUT2D eigenvalue weighted by Crippen LogP contribution is 2.34. The van der Waals surface area contributed by atoms with Crippen LogP contribution in [0, 0.1) is 0 Å². The van der Waals surface area contributed by atoms with Crippen LogP contribution in [-0.2, 0) is 6.18 Å². The minimum atomic E-state index is -4.76. The maximum absolute atomic E-state index is 13.6. The number of benzene rings is 3. The summed E-state index contributed by atoms with van der Waals surface area (Å²) in [4.78, 5) is 31.6. The van der Waals surface area contributed by atoms with Gasteiger partial charge in [0.25, 0.3) is 0 Å². The number of aromatic nitrogens is 3. The van der Waals surface area contributed by atoms with Crippen molar-refractivity contribution in [2.45, 2.75) is 6.18 Å². The van der Waals surface area contributed by atoms with Crippen LogP contribution in [-0.4, -0.2) is 38.7 Å². The molecule has 0 aliphatic carbocycles. The molecule has 0 radical (unpaired) electrons. The number of pyridine rings is 1. The average Bonchev–Trinajstić information content (AvgIpc) is 3.43. The van der Waals surface area contributed by atoms with Gasteiger partial charge in [-0.2, -0.15) is 18.3 Å². The summed E-state index contributed by atoms with van der Waals surface area (Å²) >= 11 is 5.95. The van der Waals surface area contributed by atoms with E-state index in [4.69, 9.17) is 11.6 Å². The predicted molar refractivity (Wildman–Crippen MR) is 148 cm³/mol. The first-order chi connectivity index (χ1) is 19.5. The van der Waals surface area contributed by atoms with Crippen LogP contribution in [0.25, 0.3) is 16.9 Å². The number of carbonyl (C=O) groups excluding carboxylic acids is 1.